The zero-order valence-corrected chi connectivity index (χ0v) is 19.1. The van der Waals surface area contributed by atoms with Gasteiger partial charge in [0.25, 0.3) is 0 Å². The van der Waals surface area contributed by atoms with Gasteiger partial charge in [0.1, 0.15) is 19.0 Å². The molecule has 0 saturated carbocycles. The zero-order valence-electron chi connectivity index (χ0n) is 18.2. The van der Waals surface area contributed by atoms with Gasteiger partial charge < -0.3 is 24.4 Å². The van der Waals surface area contributed by atoms with Crippen molar-refractivity contribution in [2.24, 2.45) is 0 Å². The van der Waals surface area contributed by atoms with E-state index in [1.807, 2.05) is 47.8 Å². The van der Waals surface area contributed by atoms with Gasteiger partial charge in [0.15, 0.2) is 16.6 Å². The molecule has 2 amide bonds. The normalized spacial score (nSPS) is 12.4. The van der Waals surface area contributed by atoms with Crippen molar-refractivity contribution in [1.29, 1.82) is 0 Å². The standard InChI is InChI=1S/C24H23N3O5S/c1-27(23(29)9-6-16-4-3-5-18(12-16)30-2)14-22(28)26-24-25-19(15-33-24)17-7-8-20-21(13-17)32-11-10-31-20/h3-9,12-13,15H,10-11,14H2,1-2H3,(H,25,26,28)/b9-6+. The predicted octanol–water partition coefficient (Wildman–Crippen LogP) is 3.70. The van der Waals surface area contributed by atoms with Crippen LogP contribution in [0.25, 0.3) is 17.3 Å². The van der Waals surface area contributed by atoms with E-state index in [1.54, 1.807) is 20.2 Å². The summed E-state index contributed by atoms with van der Waals surface area (Å²) in [5, 5.41) is 5.06. The van der Waals surface area contributed by atoms with E-state index < -0.39 is 0 Å². The Bertz CT molecular complexity index is 1190. The summed E-state index contributed by atoms with van der Waals surface area (Å²) in [6, 6.07) is 13.0. The van der Waals surface area contributed by atoms with Crippen LogP contribution in [0.1, 0.15) is 5.56 Å². The highest BCUT2D eigenvalue weighted by Crippen LogP contribution is 2.35. The number of nitrogens with zero attached hydrogens (tertiary/aromatic N) is 2. The van der Waals surface area contributed by atoms with Gasteiger partial charge in [0, 0.05) is 24.1 Å². The van der Waals surface area contributed by atoms with Gasteiger partial charge in [-0.2, -0.15) is 0 Å². The molecule has 1 aliphatic rings. The number of anilines is 1. The van der Waals surface area contributed by atoms with Crippen LogP contribution in [-0.4, -0.2) is 55.6 Å². The SMILES string of the molecule is COc1cccc(/C=C/C(=O)N(C)CC(=O)Nc2nc(-c3ccc4c(c3)OCCO4)cs2)c1. The summed E-state index contributed by atoms with van der Waals surface area (Å²) in [4.78, 5) is 30.6. The largest absolute Gasteiger partial charge is 0.497 e. The molecule has 3 aromatic rings. The molecule has 33 heavy (non-hydrogen) atoms. The maximum Gasteiger partial charge on any atom is 0.246 e. The quantitative estimate of drug-likeness (QED) is 0.535. The van der Waals surface area contributed by atoms with Crippen molar-refractivity contribution >= 4 is 34.4 Å². The molecule has 0 radical (unpaired) electrons. The van der Waals surface area contributed by atoms with E-state index in [4.69, 9.17) is 14.2 Å². The molecule has 0 saturated heterocycles. The number of nitrogens with one attached hydrogen (secondary N) is 1. The first kappa shape index (κ1) is 22.3. The lowest BCUT2D eigenvalue weighted by atomic mass is 10.1. The number of carbonyl (C=O) groups excluding carboxylic acids is 2. The topological polar surface area (TPSA) is 90.0 Å². The van der Waals surface area contributed by atoms with Gasteiger partial charge in [0.05, 0.1) is 19.3 Å². The molecule has 1 aromatic heterocycles. The third-order valence-electron chi connectivity index (χ3n) is 4.86. The molecule has 0 spiro atoms. The zero-order chi connectivity index (χ0) is 23.2. The van der Waals surface area contributed by atoms with Gasteiger partial charge in [-0.25, -0.2) is 4.98 Å². The van der Waals surface area contributed by atoms with Gasteiger partial charge in [-0.05, 0) is 42.0 Å². The number of methoxy groups -OCH3 is 1. The van der Waals surface area contributed by atoms with Crippen LogP contribution >= 0.6 is 11.3 Å². The van der Waals surface area contributed by atoms with E-state index in [0.29, 0.717) is 35.6 Å². The lowest BCUT2D eigenvalue weighted by Gasteiger charge is -2.18. The minimum Gasteiger partial charge on any atom is -0.497 e. The van der Waals surface area contributed by atoms with E-state index in [1.165, 1.54) is 22.3 Å². The summed E-state index contributed by atoms with van der Waals surface area (Å²) in [6.07, 6.45) is 3.10. The number of hydrogen-bond acceptors (Lipinski definition) is 7. The number of benzene rings is 2. The highest BCUT2D eigenvalue weighted by Gasteiger charge is 2.15. The highest BCUT2D eigenvalue weighted by molar-refractivity contribution is 7.14. The fraction of sp³-hybridized carbons (Fsp3) is 0.208. The number of carbonyl (C=O) groups is 2. The van der Waals surface area contributed by atoms with Gasteiger partial charge in [-0.1, -0.05) is 12.1 Å². The second kappa shape index (κ2) is 10.2. The Labute approximate surface area is 195 Å². The van der Waals surface area contributed by atoms with Gasteiger partial charge in [-0.15, -0.1) is 11.3 Å². The number of thiazole rings is 1. The van der Waals surface area contributed by atoms with Crippen LogP contribution < -0.4 is 19.5 Å². The molecule has 0 fully saturated rings. The molecule has 1 aliphatic heterocycles. The van der Waals surface area contributed by atoms with Crippen LogP contribution in [0.3, 0.4) is 0 Å². The van der Waals surface area contributed by atoms with Crippen molar-refractivity contribution in [1.82, 2.24) is 9.88 Å². The van der Waals surface area contributed by atoms with Crippen molar-refractivity contribution < 1.29 is 23.8 Å². The minimum absolute atomic E-state index is 0.0970. The van der Waals surface area contributed by atoms with Crippen LogP contribution in [0.5, 0.6) is 17.2 Å². The first-order valence-corrected chi connectivity index (χ1v) is 11.1. The third-order valence-corrected chi connectivity index (χ3v) is 5.62. The highest BCUT2D eigenvalue weighted by atomic mass is 32.1. The Hall–Kier alpha value is -3.85. The first-order valence-electron chi connectivity index (χ1n) is 10.2. The number of rotatable bonds is 7. The Morgan fingerprint density at radius 1 is 1.18 bits per heavy atom. The molecule has 170 valence electrons. The maximum atomic E-state index is 12.4. The lowest BCUT2D eigenvalue weighted by Crippen LogP contribution is -2.33. The number of amides is 2. The van der Waals surface area contributed by atoms with E-state index in [9.17, 15) is 9.59 Å². The van der Waals surface area contributed by atoms with Gasteiger partial charge in [0.2, 0.25) is 11.8 Å². The molecule has 0 bridgehead atoms. The predicted molar refractivity (Wildman–Crippen MR) is 127 cm³/mol. The monoisotopic (exact) mass is 465 g/mol. The molecule has 1 N–H and O–H groups in total. The Morgan fingerprint density at radius 3 is 2.82 bits per heavy atom. The molecule has 0 aliphatic carbocycles. The summed E-state index contributed by atoms with van der Waals surface area (Å²) >= 11 is 1.31. The maximum absolute atomic E-state index is 12.4. The molecular formula is C24H23N3O5S. The summed E-state index contributed by atoms with van der Waals surface area (Å²) in [5.74, 6) is 1.48. The molecule has 2 aromatic carbocycles. The average molecular weight is 466 g/mol. The van der Waals surface area contributed by atoms with E-state index in [2.05, 4.69) is 10.3 Å². The minimum atomic E-state index is -0.330. The second-order valence-electron chi connectivity index (χ2n) is 7.25. The summed E-state index contributed by atoms with van der Waals surface area (Å²) in [5.41, 5.74) is 2.42. The molecule has 4 rings (SSSR count). The summed E-state index contributed by atoms with van der Waals surface area (Å²) in [7, 11) is 3.16. The van der Waals surface area contributed by atoms with Crippen molar-refractivity contribution in [3.63, 3.8) is 0 Å². The van der Waals surface area contributed by atoms with Crippen molar-refractivity contribution in [2.75, 3.05) is 39.2 Å². The molecule has 0 unspecified atom stereocenters. The second-order valence-corrected chi connectivity index (χ2v) is 8.11. The third kappa shape index (κ3) is 5.69. The summed E-state index contributed by atoms with van der Waals surface area (Å²) < 4.78 is 16.3. The number of aromatic nitrogens is 1. The molecule has 2 heterocycles. The van der Waals surface area contributed by atoms with Crippen LogP contribution in [0.4, 0.5) is 5.13 Å². The first-order chi connectivity index (χ1) is 16.0. The Balaban J connectivity index is 1.32. The molecule has 8 nitrogen and oxygen atoms in total. The summed E-state index contributed by atoms with van der Waals surface area (Å²) in [6.45, 7) is 0.947. The van der Waals surface area contributed by atoms with Crippen LogP contribution in [0.2, 0.25) is 0 Å². The fourth-order valence-electron chi connectivity index (χ4n) is 3.16. The Kier molecular flexibility index (Phi) is 6.89. The van der Waals surface area contributed by atoms with Crippen LogP contribution in [0.15, 0.2) is 53.9 Å². The van der Waals surface area contributed by atoms with Crippen molar-refractivity contribution in [3.8, 4) is 28.5 Å². The number of fused-ring (bicyclic) bond motifs is 1. The number of ether oxygens (including phenoxy) is 3. The van der Waals surface area contributed by atoms with E-state index >= 15 is 0 Å². The lowest BCUT2D eigenvalue weighted by molar-refractivity contribution is -0.129. The van der Waals surface area contributed by atoms with Crippen LogP contribution in [-0.2, 0) is 9.59 Å². The number of hydrogen-bond donors (Lipinski definition) is 1. The molecule has 9 heteroatoms. The van der Waals surface area contributed by atoms with Crippen LogP contribution in [0, 0.1) is 0 Å². The van der Waals surface area contributed by atoms with E-state index in [0.717, 1.165) is 16.8 Å². The smallest absolute Gasteiger partial charge is 0.246 e. The van der Waals surface area contributed by atoms with E-state index in [-0.39, 0.29) is 18.4 Å². The fourth-order valence-corrected chi connectivity index (χ4v) is 3.89. The Morgan fingerprint density at radius 2 is 2.00 bits per heavy atom. The molecule has 0 atom stereocenters. The molecular weight excluding hydrogens is 442 g/mol. The number of likely N-dealkylation sites (N-methyl/N-ethyl adjacent to an activating group) is 1. The average Bonchev–Trinajstić information content (AvgIpc) is 3.30. The van der Waals surface area contributed by atoms with Crippen molar-refractivity contribution in [3.05, 3.63) is 59.5 Å². The van der Waals surface area contributed by atoms with Crippen molar-refractivity contribution in [2.45, 2.75) is 0 Å². The van der Waals surface area contributed by atoms with Gasteiger partial charge in [-0.3, -0.25) is 9.59 Å². The van der Waals surface area contributed by atoms with Gasteiger partial charge >= 0.3 is 0 Å².